The minimum atomic E-state index is -0.219. The van der Waals surface area contributed by atoms with Crippen molar-refractivity contribution in [3.63, 3.8) is 0 Å². The monoisotopic (exact) mass is 538 g/mol. The van der Waals surface area contributed by atoms with Crippen molar-refractivity contribution in [1.82, 2.24) is 20.1 Å². The molecule has 1 atom stereocenters. The second-order valence-electron chi connectivity index (χ2n) is 10.4. The van der Waals surface area contributed by atoms with Crippen LogP contribution in [-0.2, 0) is 4.79 Å². The first kappa shape index (κ1) is 26.9. The molecule has 3 N–H and O–H groups in total. The van der Waals surface area contributed by atoms with E-state index in [2.05, 4.69) is 59.2 Å². The largest absolute Gasteiger partial charge is 0.456 e. The van der Waals surface area contributed by atoms with Gasteiger partial charge in [-0.1, -0.05) is 32.6 Å². The van der Waals surface area contributed by atoms with Crippen molar-refractivity contribution in [3.05, 3.63) is 84.1 Å². The first-order valence-corrected chi connectivity index (χ1v) is 13.5. The number of nitrogens with one attached hydrogen (secondary N) is 3. The van der Waals surface area contributed by atoms with E-state index >= 15 is 0 Å². The number of anilines is 2. The predicted molar refractivity (Wildman–Crippen MR) is 157 cm³/mol. The molecule has 1 aliphatic heterocycles. The lowest BCUT2D eigenvalue weighted by atomic mass is 9.97. The van der Waals surface area contributed by atoms with Crippen LogP contribution >= 0.6 is 0 Å². The Balaban J connectivity index is 1.33. The third kappa shape index (κ3) is 5.83. The first-order chi connectivity index (χ1) is 19.3. The number of aromatic nitrogens is 3. The van der Waals surface area contributed by atoms with Crippen LogP contribution in [0.4, 0.5) is 11.5 Å². The average Bonchev–Trinajstić information content (AvgIpc) is 3.36. The van der Waals surface area contributed by atoms with Crippen LogP contribution in [0.3, 0.4) is 0 Å². The van der Waals surface area contributed by atoms with Crippen molar-refractivity contribution in [1.29, 1.82) is 0 Å². The standard InChI is InChI=1S/C31H34N6O3/c1-5-27(38)37-15-7-9-23(18-37)33-30-28-26(13-14-32-29(28)35-36-30)40-24-10-6-8-21(17-24)31(39)34-22-11-12-25(19(2)3)20(4)16-22/h5-6,8,10-14,16-17,19,23H,1,7,9,15,18H2,2-4H3,(H,34,39)(H2,32,33,35,36). The lowest BCUT2D eigenvalue weighted by Crippen LogP contribution is -2.44. The number of aromatic amines is 1. The van der Waals surface area contributed by atoms with Gasteiger partial charge in [0.25, 0.3) is 5.91 Å². The van der Waals surface area contributed by atoms with Gasteiger partial charge in [0, 0.05) is 42.6 Å². The minimum absolute atomic E-state index is 0.0301. The van der Waals surface area contributed by atoms with Crippen LogP contribution < -0.4 is 15.4 Å². The normalized spacial score (nSPS) is 15.2. The minimum Gasteiger partial charge on any atom is -0.456 e. The number of likely N-dealkylation sites (tertiary alicyclic amines) is 1. The summed E-state index contributed by atoms with van der Waals surface area (Å²) in [5.41, 5.74) is 4.21. The fourth-order valence-electron chi connectivity index (χ4n) is 5.16. The number of aryl methyl sites for hydroxylation is 1. The van der Waals surface area contributed by atoms with E-state index < -0.39 is 0 Å². The predicted octanol–water partition coefficient (Wildman–Crippen LogP) is 6.02. The zero-order chi connectivity index (χ0) is 28.2. The third-order valence-corrected chi connectivity index (χ3v) is 7.15. The van der Waals surface area contributed by atoms with Gasteiger partial charge in [0.05, 0.1) is 0 Å². The van der Waals surface area contributed by atoms with Crippen LogP contribution in [0.15, 0.2) is 67.4 Å². The van der Waals surface area contributed by atoms with E-state index in [1.54, 1.807) is 41.4 Å². The van der Waals surface area contributed by atoms with Gasteiger partial charge in [0.1, 0.15) is 16.9 Å². The maximum absolute atomic E-state index is 13.1. The van der Waals surface area contributed by atoms with Gasteiger partial charge in [0.15, 0.2) is 11.5 Å². The van der Waals surface area contributed by atoms with Gasteiger partial charge in [-0.15, -0.1) is 0 Å². The van der Waals surface area contributed by atoms with Crippen molar-refractivity contribution >= 4 is 34.4 Å². The topological polar surface area (TPSA) is 112 Å². The smallest absolute Gasteiger partial charge is 0.255 e. The highest BCUT2D eigenvalue weighted by atomic mass is 16.5. The van der Waals surface area contributed by atoms with E-state index in [4.69, 9.17) is 4.74 Å². The van der Waals surface area contributed by atoms with E-state index in [0.717, 1.165) is 24.1 Å². The zero-order valence-corrected chi connectivity index (χ0v) is 23.0. The Morgan fingerprint density at radius 1 is 1.20 bits per heavy atom. The van der Waals surface area contributed by atoms with Crippen LogP contribution in [0.2, 0.25) is 0 Å². The number of benzene rings is 2. The number of rotatable bonds is 8. The molecule has 1 aliphatic rings. The Morgan fingerprint density at radius 2 is 2.05 bits per heavy atom. The van der Waals surface area contributed by atoms with E-state index in [0.29, 0.717) is 52.9 Å². The molecule has 2 amide bonds. The molecular weight excluding hydrogens is 504 g/mol. The molecule has 1 fully saturated rings. The second kappa shape index (κ2) is 11.6. The number of hydrogen-bond acceptors (Lipinski definition) is 6. The molecule has 1 saturated heterocycles. The number of pyridine rings is 1. The number of carbonyl (C=O) groups excluding carboxylic acids is 2. The molecule has 0 aliphatic carbocycles. The summed E-state index contributed by atoms with van der Waals surface area (Å²) in [5.74, 6) is 1.79. The fourth-order valence-corrected chi connectivity index (χ4v) is 5.16. The average molecular weight is 539 g/mol. The molecule has 5 rings (SSSR count). The van der Waals surface area contributed by atoms with Crippen LogP contribution in [-0.4, -0.2) is 51.0 Å². The summed E-state index contributed by atoms with van der Waals surface area (Å²) in [6.07, 6.45) is 4.78. The molecule has 2 aromatic carbocycles. The number of nitrogens with zero attached hydrogens (tertiary/aromatic N) is 3. The van der Waals surface area contributed by atoms with Crippen LogP contribution in [0, 0.1) is 6.92 Å². The molecule has 9 nitrogen and oxygen atoms in total. The molecular formula is C31H34N6O3. The Labute approximate surface area is 233 Å². The summed E-state index contributed by atoms with van der Waals surface area (Å²) in [7, 11) is 0. The summed E-state index contributed by atoms with van der Waals surface area (Å²) in [6.45, 7) is 11.2. The quantitative estimate of drug-likeness (QED) is 0.236. The van der Waals surface area contributed by atoms with E-state index in [1.807, 2.05) is 12.1 Å². The second-order valence-corrected chi connectivity index (χ2v) is 10.4. The fraction of sp³-hybridized carbons (Fsp3) is 0.290. The number of H-pyrrole nitrogens is 1. The van der Waals surface area contributed by atoms with Crippen LogP contribution in [0.1, 0.15) is 54.1 Å². The molecule has 2 aromatic heterocycles. The van der Waals surface area contributed by atoms with E-state index in [-0.39, 0.29) is 17.9 Å². The lowest BCUT2D eigenvalue weighted by Gasteiger charge is -2.32. The highest BCUT2D eigenvalue weighted by Crippen LogP contribution is 2.34. The van der Waals surface area contributed by atoms with Gasteiger partial charge in [-0.05, 0) is 73.2 Å². The van der Waals surface area contributed by atoms with Crippen LogP contribution in [0.5, 0.6) is 11.5 Å². The van der Waals surface area contributed by atoms with Crippen LogP contribution in [0.25, 0.3) is 11.0 Å². The zero-order valence-electron chi connectivity index (χ0n) is 23.0. The molecule has 9 heteroatoms. The number of carbonyl (C=O) groups is 2. The summed E-state index contributed by atoms with van der Waals surface area (Å²) in [5, 5.41) is 14.5. The van der Waals surface area contributed by atoms with Gasteiger partial charge in [-0.25, -0.2) is 4.98 Å². The first-order valence-electron chi connectivity index (χ1n) is 13.5. The molecule has 1 unspecified atom stereocenters. The molecule has 0 bridgehead atoms. The van der Waals surface area contributed by atoms with Crippen molar-refractivity contribution in [2.45, 2.75) is 45.6 Å². The van der Waals surface area contributed by atoms with Gasteiger partial charge < -0.3 is 20.3 Å². The summed E-state index contributed by atoms with van der Waals surface area (Å²) in [6, 6.07) is 14.8. The number of piperidine rings is 1. The highest BCUT2D eigenvalue weighted by Gasteiger charge is 2.24. The maximum atomic E-state index is 13.1. The molecule has 206 valence electrons. The van der Waals surface area contributed by atoms with Gasteiger partial charge in [-0.3, -0.25) is 14.7 Å². The highest BCUT2D eigenvalue weighted by molar-refractivity contribution is 6.04. The Kier molecular flexibility index (Phi) is 7.82. The molecule has 0 radical (unpaired) electrons. The number of ether oxygens (including phenoxy) is 1. The third-order valence-electron chi connectivity index (χ3n) is 7.15. The van der Waals surface area contributed by atoms with Crippen molar-refractivity contribution in [2.75, 3.05) is 23.7 Å². The molecule has 4 aromatic rings. The Bertz CT molecular complexity index is 1560. The number of hydrogen-bond donors (Lipinski definition) is 3. The van der Waals surface area contributed by atoms with E-state index in [9.17, 15) is 9.59 Å². The summed E-state index contributed by atoms with van der Waals surface area (Å²) in [4.78, 5) is 31.3. The van der Waals surface area contributed by atoms with Crippen molar-refractivity contribution < 1.29 is 14.3 Å². The van der Waals surface area contributed by atoms with Gasteiger partial charge >= 0.3 is 0 Å². The molecule has 0 saturated carbocycles. The molecule has 40 heavy (non-hydrogen) atoms. The van der Waals surface area contributed by atoms with Crippen molar-refractivity contribution in [2.24, 2.45) is 0 Å². The Hall–Kier alpha value is -4.66. The summed E-state index contributed by atoms with van der Waals surface area (Å²) < 4.78 is 6.26. The summed E-state index contributed by atoms with van der Waals surface area (Å²) >= 11 is 0. The van der Waals surface area contributed by atoms with Gasteiger partial charge in [-0.2, -0.15) is 5.10 Å². The molecule has 0 spiro atoms. The van der Waals surface area contributed by atoms with Gasteiger partial charge in [0.2, 0.25) is 5.91 Å². The number of fused-ring (bicyclic) bond motifs is 1. The Morgan fingerprint density at radius 3 is 2.83 bits per heavy atom. The molecule has 3 heterocycles. The van der Waals surface area contributed by atoms with E-state index in [1.165, 1.54) is 11.6 Å². The SMILES string of the molecule is C=CC(=O)N1CCCC(Nc2n[nH]c3nccc(Oc4cccc(C(=O)Nc5ccc(C(C)C)c(C)c5)c4)c23)C1. The maximum Gasteiger partial charge on any atom is 0.255 e. The number of amides is 2. The lowest BCUT2D eigenvalue weighted by molar-refractivity contribution is -0.127. The van der Waals surface area contributed by atoms with Crippen molar-refractivity contribution in [3.8, 4) is 11.5 Å².